The highest BCUT2D eigenvalue weighted by Gasteiger charge is 1.97. The Kier molecular flexibility index (Phi) is 2.40. The molecule has 0 saturated carbocycles. The fraction of sp³-hybridized carbons (Fsp3) is 0.0909. The van der Waals surface area contributed by atoms with Crippen LogP contribution in [0.15, 0.2) is 41.7 Å². The number of fused-ring (bicyclic) bond motifs is 1. The average Bonchev–Trinajstić information content (AvgIpc) is 2.26. The predicted molar refractivity (Wildman–Crippen MR) is 56.3 cm³/mol. The van der Waals surface area contributed by atoms with Crippen LogP contribution in [0.25, 0.3) is 10.9 Å². The summed E-state index contributed by atoms with van der Waals surface area (Å²) in [5, 5.41) is 4.83. The van der Waals surface area contributed by atoms with Crippen molar-refractivity contribution in [3.05, 3.63) is 42.1 Å². The molecule has 0 aliphatic rings. The minimum atomic E-state index is 0.941. The highest BCUT2D eigenvalue weighted by atomic mass is 16.6. The molecule has 1 aromatic heterocycles. The molecule has 2 aromatic rings. The van der Waals surface area contributed by atoms with E-state index in [9.17, 15) is 0 Å². The van der Waals surface area contributed by atoms with Crippen LogP contribution < -0.4 is 0 Å². The molecule has 0 spiro atoms. The topological polar surface area (TPSA) is 34.5 Å². The van der Waals surface area contributed by atoms with Crippen molar-refractivity contribution in [2.45, 2.75) is 0 Å². The van der Waals surface area contributed by atoms with Crippen LogP contribution in [-0.2, 0) is 4.84 Å². The van der Waals surface area contributed by atoms with Gasteiger partial charge in [0, 0.05) is 17.1 Å². The summed E-state index contributed by atoms with van der Waals surface area (Å²) < 4.78 is 0. The van der Waals surface area contributed by atoms with Crippen LogP contribution >= 0.6 is 0 Å². The Morgan fingerprint density at radius 3 is 3.00 bits per heavy atom. The Bertz CT molecular complexity index is 460. The van der Waals surface area contributed by atoms with Gasteiger partial charge in [-0.2, -0.15) is 0 Å². The van der Waals surface area contributed by atoms with E-state index >= 15 is 0 Å². The minimum absolute atomic E-state index is 0.941. The fourth-order valence-corrected chi connectivity index (χ4v) is 1.34. The van der Waals surface area contributed by atoms with Gasteiger partial charge in [0.05, 0.1) is 11.7 Å². The van der Waals surface area contributed by atoms with Crippen LogP contribution in [-0.4, -0.2) is 18.3 Å². The third-order valence-electron chi connectivity index (χ3n) is 1.96. The Labute approximate surface area is 82.0 Å². The van der Waals surface area contributed by atoms with Gasteiger partial charge in [-0.15, -0.1) is 0 Å². The summed E-state index contributed by atoms with van der Waals surface area (Å²) >= 11 is 0. The van der Waals surface area contributed by atoms with Gasteiger partial charge in [0.1, 0.15) is 7.11 Å². The van der Waals surface area contributed by atoms with Crippen molar-refractivity contribution in [3.63, 3.8) is 0 Å². The van der Waals surface area contributed by atoms with Gasteiger partial charge < -0.3 is 4.84 Å². The number of hydrogen-bond donors (Lipinski definition) is 0. The molecular formula is C11H10N2O. The van der Waals surface area contributed by atoms with Crippen molar-refractivity contribution in [1.29, 1.82) is 0 Å². The lowest BCUT2D eigenvalue weighted by atomic mass is 10.1. The van der Waals surface area contributed by atoms with Crippen LogP contribution in [0.3, 0.4) is 0 Å². The molecule has 0 amide bonds. The van der Waals surface area contributed by atoms with E-state index in [2.05, 4.69) is 15.0 Å². The molecule has 3 nitrogen and oxygen atoms in total. The molecule has 2 rings (SSSR count). The molecule has 0 N–H and O–H groups in total. The zero-order valence-electron chi connectivity index (χ0n) is 7.84. The minimum Gasteiger partial charge on any atom is -0.399 e. The summed E-state index contributed by atoms with van der Waals surface area (Å²) in [6, 6.07) is 9.89. The predicted octanol–water partition coefficient (Wildman–Crippen LogP) is 2.22. The number of hydrogen-bond acceptors (Lipinski definition) is 3. The molecule has 1 aromatic carbocycles. The third-order valence-corrected chi connectivity index (χ3v) is 1.96. The molecule has 0 saturated heterocycles. The molecule has 14 heavy (non-hydrogen) atoms. The number of para-hydroxylation sites is 1. The Balaban J connectivity index is 2.59. The highest BCUT2D eigenvalue weighted by Crippen LogP contribution is 2.13. The van der Waals surface area contributed by atoms with Gasteiger partial charge in [-0.1, -0.05) is 29.4 Å². The van der Waals surface area contributed by atoms with E-state index in [0.717, 1.165) is 16.5 Å². The van der Waals surface area contributed by atoms with Crippen LogP contribution in [0.5, 0.6) is 0 Å². The van der Waals surface area contributed by atoms with E-state index in [-0.39, 0.29) is 0 Å². The number of nitrogens with zero attached hydrogens (tertiary/aromatic N) is 2. The summed E-state index contributed by atoms with van der Waals surface area (Å²) in [5.41, 5.74) is 1.90. The van der Waals surface area contributed by atoms with E-state index in [1.807, 2.05) is 30.3 Å². The second kappa shape index (κ2) is 3.87. The Hall–Kier alpha value is -1.90. The first-order chi connectivity index (χ1) is 6.92. The summed E-state index contributed by atoms with van der Waals surface area (Å²) in [6.45, 7) is 0. The summed E-state index contributed by atoms with van der Waals surface area (Å²) in [4.78, 5) is 8.92. The monoisotopic (exact) mass is 186 g/mol. The van der Waals surface area contributed by atoms with Gasteiger partial charge >= 0.3 is 0 Å². The lowest BCUT2D eigenvalue weighted by Crippen LogP contribution is -1.87. The van der Waals surface area contributed by atoms with E-state index in [4.69, 9.17) is 0 Å². The van der Waals surface area contributed by atoms with E-state index in [0.29, 0.717) is 0 Å². The first kappa shape index (κ1) is 8.69. The lowest BCUT2D eigenvalue weighted by Gasteiger charge is -1.99. The molecule has 0 aliphatic carbocycles. The maximum absolute atomic E-state index is 4.64. The molecular weight excluding hydrogens is 176 g/mol. The SMILES string of the molecule is CON=Cc1cccc2cccnc12. The van der Waals surface area contributed by atoms with E-state index < -0.39 is 0 Å². The third kappa shape index (κ3) is 1.57. The maximum atomic E-state index is 4.64. The highest BCUT2D eigenvalue weighted by molar-refractivity contribution is 5.97. The van der Waals surface area contributed by atoms with E-state index in [1.165, 1.54) is 7.11 Å². The van der Waals surface area contributed by atoms with Crippen molar-refractivity contribution in [3.8, 4) is 0 Å². The van der Waals surface area contributed by atoms with Gasteiger partial charge in [-0.3, -0.25) is 4.98 Å². The quantitative estimate of drug-likeness (QED) is 0.532. The molecule has 0 unspecified atom stereocenters. The van der Waals surface area contributed by atoms with Gasteiger partial charge in [0.2, 0.25) is 0 Å². The van der Waals surface area contributed by atoms with Crippen LogP contribution in [0, 0.1) is 0 Å². The normalized spacial score (nSPS) is 10.9. The average molecular weight is 186 g/mol. The summed E-state index contributed by atoms with van der Waals surface area (Å²) in [7, 11) is 1.52. The number of benzene rings is 1. The smallest absolute Gasteiger partial charge is 0.106 e. The molecule has 3 heteroatoms. The van der Waals surface area contributed by atoms with Crippen molar-refractivity contribution in [2.75, 3.05) is 7.11 Å². The Morgan fingerprint density at radius 2 is 2.14 bits per heavy atom. The fourth-order valence-electron chi connectivity index (χ4n) is 1.34. The molecule has 0 aliphatic heterocycles. The van der Waals surface area contributed by atoms with Crippen molar-refractivity contribution in [2.24, 2.45) is 5.16 Å². The van der Waals surface area contributed by atoms with Crippen molar-refractivity contribution < 1.29 is 4.84 Å². The van der Waals surface area contributed by atoms with Gasteiger partial charge in [0.15, 0.2) is 0 Å². The van der Waals surface area contributed by atoms with Crippen LogP contribution in [0.1, 0.15) is 5.56 Å². The first-order valence-electron chi connectivity index (χ1n) is 4.32. The largest absolute Gasteiger partial charge is 0.399 e. The molecule has 0 fully saturated rings. The van der Waals surface area contributed by atoms with E-state index in [1.54, 1.807) is 12.4 Å². The van der Waals surface area contributed by atoms with Crippen molar-refractivity contribution >= 4 is 17.1 Å². The zero-order valence-corrected chi connectivity index (χ0v) is 7.84. The summed E-state index contributed by atoms with van der Waals surface area (Å²) in [5.74, 6) is 0. The summed E-state index contributed by atoms with van der Waals surface area (Å²) in [6.07, 6.45) is 3.43. The zero-order chi connectivity index (χ0) is 9.80. The number of oxime groups is 1. The molecule has 1 heterocycles. The van der Waals surface area contributed by atoms with Gasteiger partial charge in [-0.25, -0.2) is 0 Å². The van der Waals surface area contributed by atoms with Crippen LogP contribution in [0.4, 0.5) is 0 Å². The second-order valence-electron chi connectivity index (χ2n) is 2.84. The number of pyridine rings is 1. The Morgan fingerprint density at radius 1 is 1.29 bits per heavy atom. The second-order valence-corrected chi connectivity index (χ2v) is 2.84. The van der Waals surface area contributed by atoms with Gasteiger partial charge in [-0.05, 0) is 6.07 Å². The maximum Gasteiger partial charge on any atom is 0.106 e. The van der Waals surface area contributed by atoms with Gasteiger partial charge in [0.25, 0.3) is 0 Å². The molecule has 70 valence electrons. The molecule has 0 bridgehead atoms. The van der Waals surface area contributed by atoms with Crippen molar-refractivity contribution in [1.82, 2.24) is 4.98 Å². The number of aromatic nitrogens is 1. The standard InChI is InChI=1S/C11H10N2O/c1-14-13-8-10-5-2-4-9-6-3-7-12-11(9)10/h2-8H,1H3. The number of rotatable bonds is 2. The molecule has 0 radical (unpaired) electrons. The molecule has 0 atom stereocenters. The first-order valence-corrected chi connectivity index (χ1v) is 4.32. The van der Waals surface area contributed by atoms with Crippen LogP contribution in [0.2, 0.25) is 0 Å². The lowest BCUT2D eigenvalue weighted by molar-refractivity contribution is 0.215.